The lowest BCUT2D eigenvalue weighted by atomic mass is 10.2. The summed E-state index contributed by atoms with van der Waals surface area (Å²) in [5.41, 5.74) is 0.321. The van der Waals surface area contributed by atoms with Gasteiger partial charge in [0, 0.05) is 31.7 Å². The highest BCUT2D eigenvalue weighted by Gasteiger charge is 2.30. The first-order chi connectivity index (χ1) is 10.8. The van der Waals surface area contributed by atoms with Crippen LogP contribution in [0.5, 0.6) is 0 Å². The van der Waals surface area contributed by atoms with Crippen molar-refractivity contribution in [3.8, 4) is 0 Å². The van der Waals surface area contributed by atoms with Crippen molar-refractivity contribution in [2.75, 3.05) is 32.7 Å². The van der Waals surface area contributed by atoms with Gasteiger partial charge in [-0.3, -0.25) is 4.79 Å². The molecule has 0 bridgehead atoms. The SMILES string of the molecule is O=C(NCC(F)(F)F)N1CCN(C(=O)c2ccc(F)cc2)CC1. The second-order valence-corrected chi connectivity index (χ2v) is 5.06. The molecule has 0 unspecified atom stereocenters. The second-order valence-electron chi connectivity index (χ2n) is 5.06. The van der Waals surface area contributed by atoms with E-state index in [-0.39, 0.29) is 32.1 Å². The lowest BCUT2D eigenvalue weighted by Crippen LogP contribution is -2.54. The van der Waals surface area contributed by atoms with Crippen LogP contribution in [0.2, 0.25) is 0 Å². The Hall–Kier alpha value is -2.32. The zero-order valence-corrected chi connectivity index (χ0v) is 12.1. The fourth-order valence-electron chi connectivity index (χ4n) is 2.18. The van der Waals surface area contributed by atoms with Gasteiger partial charge in [0.05, 0.1) is 0 Å². The van der Waals surface area contributed by atoms with Crippen LogP contribution in [0.4, 0.5) is 22.4 Å². The fraction of sp³-hybridized carbons (Fsp3) is 0.429. The Bertz CT molecular complexity index is 566. The third kappa shape index (κ3) is 4.83. The van der Waals surface area contributed by atoms with E-state index in [1.54, 1.807) is 5.32 Å². The van der Waals surface area contributed by atoms with Crippen LogP contribution in [0.3, 0.4) is 0 Å². The number of halogens is 4. The molecule has 23 heavy (non-hydrogen) atoms. The molecule has 9 heteroatoms. The zero-order chi connectivity index (χ0) is 17.0. The first-order valence-corrected chi connectivity index (χ1v) is 6.90. The Labute approximate surface area is 129 Å². The molecule has 0 atom stereocenters. The number of amides is 3. The molecule has 1 aliphatic rings. The minimum Gasteiger partial charge on any atom is -0.335 e. The number of urea groups is 1. The number of piperazine rings is 1. The van der Waals surface area contributed by atoms with Gasteiger partial charge in [0.2, 0.25) is 0 Å². The summed E-state index contributed by atoms with van der Waals surface area (Å²) < 4.78 is 49.0. The number of hydrogen-bond acceptors (Lipinski definition) is 2. The molecule has 5 nitrogen and oxygen atoms in total. The van der Waals surface area contributed by atoms with Crippen molar-refractivity contribution >= 4 is 11.9 Å². The number of nitrogens with zero attached hydrogens (tertiary/aromatic N) is 2. The predicted molar refractivity (Wildman–Crippen MR) is 73.3 cm³/mol. The largest absolute Gasteiger partial charge is 0.405 e. The number of hydrogen-bond donors (Lipinski definition) is 1. The van der Waals surface area contributed by atoms with E-state index in [1.807, 2.05) is 0 Å². The van der Waals surface area contributed by atoms with Gasteiger partial charge in [-0.05, 0) is 24.3 Å². The third-order valence-corrected chi connectivity index (χ3v) is 3.39. The van der Waals surface area contributed by atoms with Crippen LogP contribution in [0.25, 0.3) is 0 Å². The summed E-state index contributed by atoms with van der Waals surface area (Å²) in [5, 5.41) is 1.79. The maximum Gasteiger partial charge on any atom is 0.405 e. The van der Waals surface area contributed by atoms with Crippen molar-refractivity contribution in [3.05, 3.63) is 35.6 Å². The van der Waals surface area contributed by atoms with Crippen molar-refractivity contribution in [2.24, 2.45) is 0 Å². The molecule has 0 aromatic heterocycles. The van der Waals surface area contributed by atoms with Crippen LogP contribution in [0.1, 0.15) is 10.4 Å². The molecule has 1 heterocycles. The fourth-order valence-corrected chi connectivity index (χ4v) is 2.18. The normalized spacial score (nSPS) is 15.5. The van der Waals surface area contributed by atoms with Crippen LogP contribution >= 0.6 is 0 Å². The Morgan fingerprint density at radius 1 is 1.00 bits per heavy atom. The summed E-state index contributed by atoms with van der Waals surface area (Å²) in [5.74, 6) is -0.756. The van der Waals surface area contributed by atoms with Crippen LogP contribution in [0, 0.1) is 5.82 Å². The predicted octanol–water partition coefficient (Wildman–Crippen LogP) is 1.86. The minimum absolute atomic E-state index is 0.136. The van der Waals surface area contributed by atoms with Crippen molar-refractivity contribution in [3.63, 3.8) is 0 Å². The number of benzene rings is 1. The molecule has 1 saturated heterocycles. The first-order valence-electron chi connectivity index (χ1n) is 6.90. The quantitative estimate of drug-likeness (QED) is 0.840. The molecule has 1 aliphatic heterocycles. The first kappa shape index (κ1) is 17.0. The summed E-state index contributed by atoms with van der Waals surface area (Å²) in [7, 11) is 0. The van der Waals surface area contributed by atoms with Crippen LogP contribution < -0.4 is 5.32 Å². The van der Waals surface area contributed by atoms with E-state index in [0.29, 0.717) is 5.56 Å². The maximum absolute atomic E-state index is 12.8. The monoisotopic (exact) mass is 333 g/mol. The Balaban J connectivity index is 1.84. The molecule has 0 spiro atoms. The van der Waals surface area contributed by atoms with Gasteiger partial charge in [-0.1, -0.05) is 0 Å². The molecule has 0 saturated carbocycles. The molecule has 126 valence electrons. The van der Waals surface area contributed by atoms with E-state index < -0.39 is 24.6 Å². The van der Waals surface area contributed by atoms with Gasteiger partial charge in [0.15, 0.2) is 0 Å². The van der Waals surface area contributed by atoms with E-state index in [2.05, 4.69) is 0 Å². The molecule has 2 rings (SSSR count). The third-order valence-electron chi connectivity index (χ3n) is 3.39. The summed E-state index contributed by atoms with van der Waals surface area (Å²) >= 11 is 0. The molecule has 1 N–H and O–H groups in total. The number of carbonyl (C=O) groups excluding carboxylic acids is 2. The Morgan fingerprint density at radius 2 is 1.52 bits per heavy atom. The van der Waals surface area contributed by atoms with E-state index in [0.717, 1.165) is 0 Å². The number of nitrogens with one attached hydrogen (secondary N) is 1. The second kappa shape index (κ2) is 6.84. The van der Waals surface area contributed by atoms with Gasteiger partial charge in [-0.2, -0.15) is 13.2 Å². The summed E-state index contributed by atoms with van der Waals surface area (Å²) in [4.78, 5) is 26.5. The average molecular weight is 333 g/mol. The minimum atomic E-state index is -4.46. The van der Waals surface area contributed by atoms with E-state index in [4.69, 9.17) is 0 Å². The van der Waals surface area contributed by atoms with Gasteiger partial charge in [-0.25, -0.2) is 9.18 Å². The van der Waals surface area contributed by atoms with Gasteiger partial charge in [0.25, 0.3) is 5.91 Å². The van der Waals surface area contributed by atoms with Crippen molar-refractivity contribution in [2.45, 2.75) is 6.18 Å². The molecule has 1 aromatic rings. The van der Waals surface area contributed by atoms with E-state index >= 15 is 0 Å². The van der Waals surface area contributed by atoms with Gasteiger partial charge in [-0.15, -0.1) is 0 Å². The van der Waals surface area contributed by atoms with Gasteiger partial charge in [0.1, 0.15) is 12.4 Å². The lowest BCUT2D eigenvalue weighted by Gasteiger charge is -2.34. The average Bonchev–Trinajstić information content (AvgIpc) is 2.52. The number of rotatable bonds is 2. The molecule has 1 aromatic carbocycles. The van der Waals surface area contributed by atoms with Gasteiger partial charge < -0.3 is 15.1 Å². The lowest BCUT2D eigenvalue weighted by molar-refractivity contribution is -0.123. The summed E-state index contributed by atoms with van der Waals surface area (Å²) in [6, 6.07) is 4.26. The molecule has 0 radical (unpaired) electrons. The van der Waals surface area contributed by atoms with Crippen molar-refractivity contribution < 1.29 is 27.2 Å². The van der Waals surface area contributed by atoms with Crippen molar-refractivity contribution in [1.29, 1.82) is 0 Å². The highest BCUT2D eigenvalue weighted by molar-refractivity contribution is 5.94. The smallest absolute Gasteiger partial charge is 0.335 e. The van der Waals surface area contributed by atoms with Crippen LogP contribution in [-0.4, -0.2) is 60.6 Å². The maximum atomic E-state index is 12.8. The van der Waals surface area contributed by atoms with Crippen LogP contribution in [0.15, 0.2) is 24.3 Å². The molecular formula is C14H15F4N3O2. The van der Waals surface area contributed by atoms with Crippen molar-refractivity contribution in [1.82, 2.24) is 15.1 Å². The summed E-state index contributed by atoms with van der Waals surface area (Å²) in [6.45, 7) is -0.709. The molecule has 3 amide bonds. The number of carbonyl (C=O) groups is 2. The molecular weight excluding hydrogens is 318 g/mol. The number of alkyl halides is 3. The van der Waals surface area contributed by atoms with E-state index in [1.165, 1.54) is 34.1 Å². The molecule has 1 fully saturated rings. The van der Waals surface area contributed by atoms with Gasteiger partial charge >= 0.3 is 12.2 Å². The standard InChI is InChI=1S/C14H15F4N3O2/c15-11-3-1-10(2-4-11)12(22)20-5-7-21(8-6-20)13(23)19-9-14(16,17)18/h1-4H,5-9H2,(H,19,23). The highest BCUT2D eigenvalue weighted by atomic mass is 19.4. The topological polar surface area (TPSA) is 52.7 Å². The Morgan fingerprint density at radius 3 is 2.04 bits per heavy atom. The Kier molecular flexibility index (Phi) is 5.07. The summed E-state index contributed by atoms with van der Waals surface area (Å²) in [6.07, 6.45) is -4.46. The zero-order valence-electron chi connectivity index (χ0n) is 12.1. The highest BCUT2D eigenvalue weighted by Crippen LogP contribution is 2.13. The van der Waals surface area contributed by atoms with E-state index in [9.17, 15) is 27.2 Å². The van der Waals surface area contributed by atoms with Crippen LogP contribution in [-0.2, 0) is 0 Å². The molecule has 0 aliphatic carbocycles.